The van der Waals surface area contributed by atoms with Crippen LogP contribution >= 0.6 is 0 Å². The number of terminal acetylenes is 1. The molecule has 0 atom stereocenters. The Balaban J connectivity index is 3.01. The molecule has 0 radical (unpaired) electrons. The molecule has 0 saturated carbocycles. The van der Waals surface area contributed by atoms with E-state index < -0.39 is 0 Å². The van der Waals surface area contributed by atoms with E-state index in [0.717, 1.165) is 0 Å². The average Bonchev–Trinajstić information content (AvgIpc) is 2.63. The summed E-state index contributed by atoms with van der Waals surface area (Å²) in [5.74, 6) is 2.10. The highest BCUT2D eigenvalue weighted by Gasteiger charge is 1.99. The van der Waals surface area contributed by atoms with Crippen molar-refractivity contribution in [3.63, 3.8) is 0 Å². The number of rotatable bonds is 19. The second kappa shape index (κ2) is 20.8. The summed E-state index contributed by atoms with van der Waals surface area (Å²) < 4.78 is 36.0. The van der Waals surface area contributed by atoms with Crippen molar-refractivity contribution in [3.05, 3.63) is 0 Å². The van der Waals surface area contributed by atoms with Gasteiger partial charge in [-0.05, 0) is 0 Å². The van der Waals surface area contributed by atoms with Gasteiger partial charge in [0.25, 0.3) is 0 Å². The van der Waals surface area contributed by atoms with E-state index in [1.165, 1.54) is 7.11 Å². The highest BCUT2D eigenvalue weighted by Crippen LogP contribution is 1.87. The van der Waals surface area contributed by atoms with Gasteiger partial charge < -0.3 is 33.2 Å². The molecular formula is C17H30O8. The minimum atomic E-state index is -0.280. The number of ether oxygens (including phenoxy) is 7. The number of hydrogen-bond donors (Lipinski definition) is 0. The first-order valence-electron chi connectivity index (χ1n) is 8.28. The normalized spacial score (nSPS) is 10.6. The predicted octanol–water partition coefficient (Wildman–Crippen LogP) is 0.282. The molecule has 0 amide bonds. The van der Waals surface area contributed by atoms with E-state index in [1.807, 2.05) is 0 Å². The summed E-state index contributed by atoms with van der Waals surface area (Å²) in [5.41, 5.74) is 0. The summed E-state index contributed by atoms with van der Waals surface area (Å²) in [6.07, 6.45) is 5.29. The Labute approximate surface area is 150 Å². The topological polar surface area (TPSA) is 81.7 Å². The molecule has 0 rings (SSSR count). The highest BCUT2D eigenvalue weighted by atomic mass is 16.6. The molecule has 0 aromatic rings. The molecule has 8 heteroatoms. The third-order valence-corrected chi connectivity index (χ3v) is 2.72. The van der Waals surface area contributed by atoms with Crippen molar-refractivity contribution in [2.75, 3.05) is 86.4 Å². The van der Waals surface area contributed by atoms with Crippen LogP contribution in [-0.4, -0.2) is 92.4 Å². The first-order chi connectivity index (χ1) is 12.3. The zero-order valence-electron chi connectivity index (χ0n) is 15.0. The van der Waals surface area contributed by atoms with E-state index in [9.17, 15) is 4.79 Å². The van der Waals surface area contributed by atoms with Gasteiger partial charge in [0.1, 0.15) is 6.61 Å². The Morgan fingerprint density at radius 2 is 1.04 bits per heavy atom. The lowest BCUT2D eigenvalue weighted by molar-refractivity contribution is -0.141. The van der Waals surface area contributed by atoms with Crippen LogP contribution in [0.5, 0.6) is 0 Å². The molecule has 0 unspecified atom stereocenters. The van der Waals surface area contributed by atoms with E-state index in [-0.39, 0.29) is 12.4 Å². The van der Waals surface area contributed by atoms with Crippen molar-refractivity contribution >= 4 is 5.97 Å². The molecule has 0 aromatic carbocycles. The molecule has 8 nitrogen and oxygen atoms in total. The van der Waals surface area contributed by atoms with Gasteiger partial charge in [0.15, 0.2) is 0 Å². The summed E-state index contributed by atoms with van der Waals surface area (Å²) in [4.78, 5) is 10.8. The van der Waals surface area contributed by atoms with Gasteiger partial charge in [-0.25, -0.2) is 0 Å². The highest BCUT2D eigenvalue weighted by molar-refractivity contribution is 5.69. The summed E-state index contributed by atoms with van der Waals surface area (Å²) >= 11 is 0. The summed E-state index contributed by atoms with van der Waals surface area (Å²) in [6, 6.07) is 0. The van der Waals surface area contributed by atoms with Crippen LogP contribution in [0.15, 0.2) is 0 Å². The standard InChI is InChI=1S/C17H30O8/c1-3-5-20-7-9-22-11-13-24-15-16-25-14-12-23-10-8-21-6-4-17(18)19-2/h1H,4-16H2,2H3. The molecular weight excluding hydrogens is 332 g/mol. The molecule has 25 heavy (non-hydrogen) atoms. The van der Waals surface area contributed by atoms with Crippen LogP contribution < -0.4 is 0 Å². The van der Waals surface area contributed by atoms with Gasteiger partial charge in [0.05, 0.1) is 86.2 Å². The van der Waals surface area contributed by atoms with Crippen LogP contribution in [0.25, 0.3) is 0 Å². The minimum Gasteiger partial charge on any atom is -0.469 e. The number of carbonyl (C=O) groups excluding carboxylic acids is 1. The first-order valence-corrected chi connectivity index (χ1v) is 8.28. The number of hydrogen-bond acceptors (Lipinski definition) is 8. The third-order valence-electron chi connectivity index (χ3n) is 2.72. The molecule has 0 saturated heterocycles. The maximum absolute atomic E-state index is 10.8. The maximum atomic E-state index is 10.8. The quantitative estimate of drug-likeness (QED) is 0.184. The number of methoxy groups -OCH3 is 1. The smallest absolute Gasteiger partial charge is 0.307 e. The molecule has 0 bridgehead atoms. The van der Waals surface area contributed by atoms with E-state index >= 15 is 0 Å². The summed E-state index contributed by atoms with van der Waals surface area (Å²) in [6.45, 7) is 5.56. The largest absolute Gasteiger partial charge is 0.469 e. The van der Waals surface area contributed by atoms with E-state index in [2.05, 4.69) is 10.7 Å². The molecule has 0 fully saturated rings. The molecule has 0 N–H and O–H groups in total. The number of carbonyl (C=O) groups is 1. The molecule has 0 aliphatic rings. The lowest BCUT2D eigenvalue weighted by Crippen LogP contribution is -2.14. The molecule has 146 valence electrons. The van der Waals surface area contributed by atoms with Crippen molar-refractivity contribution in [1.82, 2.24) is 0 Å². The minimum absolute atomic E-state index is 0.254. The van der Waals surface area contributed by atoms with Gasteiger partial charge >= 0.3 is 5.97 Å². The first kappa shape index (κ1) is 23.8. The number of esters is 1. The average molecular weight is 362 g/mol. The summed E-state index contributed by atoms with van der Waals surface area (Å²) in [5, 5.41) is 0. The van der Waals surface area contributed by atoms with E-state index in [0.29, 0.717) is 79.3 Å². The van der Waals surface area contributed by atoms with E-state index in [1.54, 1.807) is 0 Å². The van der Waals surface area contributed by atoms with Crippen molar-refractivity contribution in [2.24, 2.45) is 0 Å². The van der Waals surface area contributed by atoms with Gasteiger partial charge in [-0.1, -0.05) is 5.92 Å². The van der Waals surface area contributed by atoms with Crippen LogP contribution in [-0.2, 0) is 38.0 Å². The lowest BCUT2D eigenvalue weighted by atomic mass is 10.5. The maximum Gasteiger partial charge on any atom is 0.307 e. The van der Waals surface area contributed by atoms with Crippen molar-refractivity contribution in [2.45, 2.75) is 6.42 Å². The van der Waals surface area contributed by atoms with Crippen molar-refractivity contribution in [1.29, 1.82) is 0 Å². The van der Waals surface area contributed by atoms with Gasteiger partial charge in [-0.2, -0.15) is 0 Å². The van der Waals surface area contributed by atoms with Crippen LogP contribution in [0, 0.1) is 12.3 Å². The van der Waals surface area contributed by atoms with E-state index in [4.69, 9.17) is 34.8 Å². The van der Waals surface area contributed by atoms with Crippen molar-refractivity contribution < 1.29 is 38.0 Å². The Kier molecular flexibility index (Phi) is 19.8. The fraction of sp³-hybridized carbons (Fsp3) is 0.824. The summed E-state index contributed by atoms with van der Waals surface area (Å²) in [7, 11) is 1.35. The zero-order valence-corrected chi connectivity index (χ0v) is 15.0. The molecule has 0 aromatic heterocycles. The van der Waals surface area contributed by atoms with Crippen LogP contribution in [0.1, 0.15) is 6.42 Å². The molecule has 0 heterocycles. The van der Waals surface area contributed by atoms with Crippen LogP contribution in [0.2, 0.25) is 0 Å². The molecule has 0 aliphatic heterocycles. The fourth-order valence-corrected chi connectivity index (χ4v) is 1.49. The SMILES string of the molecule is C#CCOCCOCCOCCOCCOCCOCCC(=O)OC. The van der Waals surface area contributed by atoms with Gasteiger partial charge in [-0.3, -0.25) is 4.79 Å². The predicted molar refractivity (Wildman–Crippen MR) is 90.4 cm³/mol. The Hall–Kier alpha value is -1.21. The Morgan fingerprint density at radius 1 is 0.680 bits per heavy atom. The van der Waals surface area contributed by atoms with Gasteiger partial charge in [0, 0.05) is 0 Å². The molecule has 0 aliphatic carbocycles. The van der Waals surface area contributed by atoms with Crippen LogP contribution in [0.3, 0.4) is 0 Å². The van der Waals surface area contributed by atoms with Crippen LogP contribution in [0.4, 0.5) is 0 Å². The fourth-order valence-electron chi connectivity index (χ4n) is 1.49. The van der Waals surface area contributed by atoms with Gasteiger partial charge in [0.2, 0.25) is 0 Å². The second-order valence-electron chi connectivity index (χ2n) is 4.64. The second-order valence-corrected chi connectivity index (χ2v) is 4.64. The zero-order chi connectivity index (χ0) is 18.4. The Morgan fingerprint density at radius 3 is 1.40 bits per heavy atom. The Bertz CT molecular complexity index is 329. The third kappa shape index (κ3) is 20.7. The monoisotopic (exact) mass is 362 g/mol. The van der Waals surface area contributed by atoms with Crippen molar-refractivity contribution in [3.8, 4) is 12.3 Å². The lowest BCUT2D eigenvalue weighted by Gasteiger charge is -2.08. The van der Waals surface area contributed by atoms with Gasteiger partial charge in [-0.15, -0.1) is 6.42 Å². The molecule has 0 spiro atoms.